The van der Waals surface area contributed by atoms with Gasteiger partial charge in [0, 0.05) is 0 Å². The zero-order chi connectivity index (χ0) is 14.3. The molecule has 0 saturated heterocycles. The molecule has 12 nitrogen and oxygen atoms in total. The zero-order valence-electron chi connectivity index (χ0n) is 9.05. The zero-order valence-corrected chi connectivity index (χ0v) is 11.1. The molecule has 0 fully saturated rings. The molecular formula is H12B4FNaO12. The van der Waals surface area contributed by atoms with Gasteiger partial charge in [0.05, 0.1) is 0 Å². The van der Waals surface area contributed by atoms with Crippen molar-refractivity contribution in [1.29, 1.82) is 0 Å². The van der Waals surface area contributed by atoms with Crippen LogP contribution in [0.4, 0.5) is 0 Å². The summed E-state index contributed by atoms with van der Waals surface area (Å²) in [6.45, 7) is 0. The van der Waals surface area contributed by atoms with Gasteiger partial charge in [-0.2, -0.15) is 0 Å². The fourth-order valence-corrected chi connectivity index (χ4v) is 0. The van der Waals surface area contributed by atoms with Crippen molar-refractivity contribution >= 4 is 29.3 Å². The molecule has 0 unspecified atom stereocenters. The first-order chi connectivity index (χ1) is 6.93. The second-order valence-electron chi connectivity index (χ2n) is 1.39. The third-order valence-electron chi connectivity index (χ3n) is 0. The normalized spacial score (nSPS) is 6.00. The van der Waals surface area contributed by atoms with Gasteiger partial charge in [-0.15, -0.1) is 0 Å². The summed E-state index contributed by atoms with van der Waals surface area (Å²) >= 11 is 0. The van der Waals surface area contributed by atoms with Crippen molar-refractivity contribution in [3.63, 3.8) is 0 Å². The number of halogens is 1. The molecule has 104 valence electrons. The topological polar surface area (TPSA) is 243 Å². The fourth-order valence-electron chi connectivity index (χ4n) is 0. The van der Waals surface area contributed by atoms with E-state index in [1.165, 1.54) is 0 Å². The van der Waals surface area contributed by atoms with Crippen molar-refractivity contribution in [1.82, 2.24) is 0 Å². The Labute approximate surface area is 124 Å². The van der Waals surface area contributed by atoms with Gasteiger partial charge in [-0.25, -0.2) is 0 Å². The van der Waals surface area contributed by atoms with Crippen molar-refractivity contribution in [3.05, 3.63) is 0 Å². The summed E-state index contributed by atoms with van der Waals surface area (Å²) < 4.78 is 0. The summed E-state index contributed by atoms with van der Waals surface area (Å²) in [4.78, 5) is 0. The molecule has 0 spiro atoms. The Morgan fingerprint density at radius 1 is 0.333 bits per heavy atom. The van der Waals surface area contributed by atoms with Gasteiger partial charge in [0.1, 0.15) is 0 Å². The van der Waals surface area contributed by atoms with E-state index in [2.05, 4.69) is 0 Å². The van der Waals surface area contributed by atoms with E-state index in [-0.39, 0.29) is 34.3 Å². The van der Waals surface area contributed by atoms with Gasteiger partial charge in [-0.05, 0) is 0 Å². The molecule has 0 rings (SSSR count). The number of hydrogen-bond donors (Lipinski definition) is 12. The second kappa shape index (κ2) is 30.6. The quantitative estimate of drug-likeness (QED) is 0.186. The van der Waals surface area contributed by atoms with Crippen LogP contribution < -0.4 is 34.3 Å². The van der Waals surface area contributed by atoms with Crippen LogP contribution in [0.3, 0.4) is 0 Å². The average Bonchev–Trinajstić information content (AvgIpc) is 1.76. The largest absolute Gasteiger partial charge is 1.00 e. The monoisotopic (exact) mass is 290 g/mol. The molecule has 0 aromatic carbocycles. The van der Waals surface area contributed by atoms with Crippen LogP contribution in [0.15, 0.2) is 0 Å². The van der Waals surface area contributed by atoms with E-state index < -0.39 is 29.3 Å². The first-order valence-electron chi connectivity index (χ1n) is 3.10. The molecule has 0 radical (unpaired) electrons. The molecule has 0 heterocycles. The van der Waals surface area contributed by atoms with Crippen molar-refractivity contribution in [2.24, 2.45) is 0 Å². The summed E-state index contributed by atoms with van der Waals surface area (Å²) in [5, 5.41) is 86.0. The summed E-state index contributed by atoms with van der Waals surface area (Å²) in [7, 11) is -8.67. The van der Waals surface area contributed by atoms with Crippen molar-refractivity contribution in [2.45, 2.75) is 0 Å². The van der Waals surface area contributed by atoms with Crippen LogP contribution in [-0.4, -0.2) is 89.6 Å². The van der Waals surface area contributed by atoms with E-state index in [9.17, 15) is 0 Å². The Morgan fingerprint density at radius 2 is 0.333 bits per heavy atom. The van der Waals surface area contributed by atoms with E-state index >= 15 is 0 Å². The molecule has 0 aliphatic heterocycles. The number of rotatable bonds is 0. The molecule has 0 aliphatic rings. The van der Waals surface area contributed by atoms with E-state index in [0.717, 1.165) is 0 Å². The van der Waals surface area contributed by atoms with E-state index in [0.29, 0.717) is 0 Å². The van der Waals surface area contributed by atoms with E-state index in [1.54, 1.807) is 0 Å². The second-order valence-corrected chi connectivity index (χ2v) is 1.39. The molecule has 0 atom stereocenters. The molecule has 12 N–H and O–H groups in total. The molecule has 0 saturated carbocycles. The molecule has 0 bridgehead atoms. The third-order valence-corrected chi connectivity index (χ3v) is 0. The minimum absolute atomic E-state index is 0. The van der Waals surface area contributed by atoms with Gasteiger partial charge >= 0.3 is 58.8 Å². The maximum absolute atomic E-state index is 7.17. The molecule has 18 heavy (non-hydrogen) atoms. The van der Waals surface area contributed by atoms with Crippen LogP contribution in [0.25, 0.3) is 0 Å². The Balaban J connectivity index is -0.0000000257. The van der Waals surface area contributed by atoms with Crippen molar-refractivity contribution < 1.29 is 94.5 Å². The Kier molecular flexibility index (Phi) is 61.8. The predicted octanol–water partition coefficient (Wildman–Crippen LogP) is -14.2. The SMILES string of the molecule is OB(O)O.OB(O)O.OB(O)O.OB(O)O.[F-].[Na+]. The smallest absolute Gasteiger partial charge is 1.00 e. The minimum atomic E-state index is -2.17. The fraction of sp³-hybridized carbons (Fsp3) is 0. The van der Waals surface area contributed by atoms with Crippen LogP contribution in [0.5, 0.6) is 0 Å². The maximum Gasteiger partial charge on any atom is 1.00 e. The summed E-state index contributed by atoms with van der Waals surface area (Å²) in [5.74, 6) is 0. The van der Waals surface area contributed by atoms with Gasteiger partial charge in [0.25, 0.3) is 0 Å². The molecule has 0 aromatic rings. The number of hydrogen-bond acceptors (Lipinski definition) is 12. The third kappa shape index (κ3) is 8190. The summed E-state index contributed by atoms with van der Waals surface area (Å²) in [6.07, 6.45) is 0. The van der Waals surface area contributed by atoms with E-state index in [4.69, 9.17) is 60.3 Å². The van der Waals surface area contributed by atoms with Gasteiger partial charge in [0.15, 0.2) is 0 Å². The maximum atomic E-state index is 7.17. The van der Waals surface area contributed by atoms with Gasteiger partial charge < -0.3 is 65.0 Å². The van der Waals surface area contributed by atoms with Gasteiger partial charge in [0.2, 0.25) is 0 Å². The van der Waals surface area contributed by atoms with Crippen LogP contribution in [0.2, 0.25) is 0 Å². The van der Waals surface area contributed by atoms with Gasteiger partial charge in [-0.1, -0.05) is 0 Å². The molecule has 0 aliphatic carbocycles. The van der Waals surface area contributed by atoms with Gasteiger partial charge in [-0.3, -0.25) is 0 Å². The molecule has 0 aromatic heterocycles. The van der Waals surface area contributed by atoms with Crippen molar-refractivity contribution in [3.8, 4) is 0 Å². The molecular weight excluding hydrogens is 277 g/mol. The first-order valence-corrected chi connectivity index (χ1v) is 3.10. The van der Waals surface area contributed by atoms with E-state index in [1.807, 2.05) is 0 Å². The average molecular weight is 289 g/mol. The minimum Gasteiger partial charge on any atom is -1.00 e. The summed E-state index contributed by atoms with van der Waals surface area (Å²) in [5.41, 5.74) is 0. The first kappa shape index (κ1) is 36.3. The van der Waals surface area contributed by atoms with Crippen LogP contribution in [0.1, 0.15) is 0 Å². The Morgan fingerprint density at radius 3 is 0.333 bits per heavy atom. The predicted molar refractivity (Wildman–Crippen MR) is 49.6 cm³/mol. The Bertz CT molecular complexity index is 67.1. The summed E-state index contributed by atoms with van der Waals surface area (Å²) in [6, 6.07) is 0. The standard InChI is InChI=1S/4BH3O3.FH.Na/c4*2-1(3)4;;/h4*2-4H;1H;/q;;;;;+1/p-1. The Hall–Kier alpha value is 0.710. The van der Waals surface area contributed by atoms with Crippen LogP contribution in [0, 0.1) is 0 Å². The molecule has 0 amide bonds. The molecule has 18 heteroatoms. The van der Waals surface area contributed by atoms with Crippen molar-refractivity contribution in [2.75, 3.05) is 0 Å². The van der Waals surface area contributed by atoms with Crippen LogP contribution in [-0.2, 0) is 0 Å². The van der Waals surface area contributed by atoms with Crippen LogP contribution >= 0.6 is 0 Å².